The van der Waals surface area contributed by atoms with E-state index in [0.29, 0.717) is 12.5 Å². The minimum absolute atomic E-state index is 0. The first kappa shape index (κ1) is 19.7. The predicted molar refractivity (Wildman–Crippen MR) is 102 cm³/mol. The van der Waals surface area contributed by atoms with Gasteiger partial charge in [0.1, 0.15) is 0 Å². The van der Waals surface area contributed by atoms with E-state index in [4.69, 9.17) is 5.73 Å². The maximum Gasteiger partial charge on any atom is 0.189 e. The van der Waals surface area contributed by atoms with Crippen molar-refractivity contribution >= 4 is 45.9 Å². The highest BCUT2D eigenvalue weighted by Crippen LogP contribution is 2.26. The van der Waals surface area contributed by atoms with E-state index in [-0.39, 0.29) is 34.9 Å². The van der Waals surface area contributed by atoms with Gasteiger partial charge in [-0.2, -0.15) is 0 Å². The minimum atomic E-state index is -0.0620. The summed E-state index contributed by atoms with van der Waals surface area (Å²) in [6.45, 7) is 11.2. The van der Waals surface area contributed by atoms with Crippen LogP contribution in [-0.2, 0) is 5.41 Å². The van der Waals surface area contributed by atoms with Crippen molar-refractivity contribution in [2.45, 2.75) is 45.6 Å². The molecule has 0 spiro atoms. The Balaban J connectivity index is 0.00000361. The van der Waals surface area contributed by atoms with Gasteiger partial charge < -0.3 is 11.1 Å². The van der Waals surface area contributed by atoms with Crippen LogP contribution in [0.5, 0.6) is 0 Å². The second-order valence-corrected chi connectivity index (χ2v) is 7.39. The van der Waals surface area contributed by atoms with Crippen molar-refractivity contribution in [2.75, 3.05) is 6.54 Å². The van der Waals surface area contributed by atoms with Gasteiger partial charge in [0.15, 0.2) is 5.96 Å². The van der Waals surface area contributed by atoms with Crippen LogP contribution in [0.1, 0.15) is 40.2 Å². The molecule has 0 heterocycles. The van der Waals surface area contributed by atoms with Crippen molar-refractivity contribution in [3.63, 3.8) is 0 Å². The van der Waals surface area contributed by atoms with Crippen LogP contribution in [0.2, 0.25) is 0 Å². The minimum Gasteiger partial charge on any atom is -0.370 e. The van der Waals surface area contributed by atoms with E-state index in [2.05, 4.69) is 73.0 Å². The molecular formula is C15H25BrIN3. The zero-order valence-corrected chi connectivity index (χ0v) is 16.7. The summed E-state index contributed by atoms with van der Waals surface area (Å²) >= 11 is 3.50. The summed E-state index contributed by atoms with van der Waals surface area (Å²) in [5.74, 6) is 0.496. The third-order valence-corrected chi connectivity index (χ3v) is 3.25. The Kier molecular flexibility index (Phi) is 7.52. The van der Waals surface area contributed by atoms with Gasteiger partial charge in [-0.05, 0) is 38.5 Å². The van der Waals surface area contributed by atoms with Gasteiger partial charge in [0.05, 0.1) is 6.54 Å². The lowest BCUT2D eigenvalue weighted by atomic mass is 9.85. The molecule has 1 rings (SSSR count). The molecule has 0 amide bonds. The third kappa shape index (κ3) is 6.92. The van der Waals surface area contributed by atoms with Crippen LogP contribution in [-0.4, -0.2) is 18.0 Å². The first-order chi connectivity index (χ1) is 8.60. The molecule has 0 aliphatic carbocycles. The SMILES string of the molecule is CC(C)(C)NC(N)=NCC(C)(C)c1cccc(Br)c1.I. The van der Waals surface area contributed by atoms with Crippen molar-refractivity contribution in [3.8, 4) is 0 Å². The zero-order chi connectivity index (χ0) is 14.7. The molecule has 0 unspecified atom stereocenters. The molecule has 0 aliphatic heterocycles. The summed E-state index contributed by atoms with van der Waals surface area (Å²) in [5.41, 5.74) is 7.04. The van der Waals surface area contributed by atoms with E-state index in [9.17, 15) is 0 Å². The van der Waals surface area contributed by atoms with Gasteiger partial charge in [0.2, 0.25) is 0 Å². The number of nitrogens with zero attached hydrogens (tertiary/aromatic N) is 1. The Morgan fingerprint density at radius 2 is 1.85 bits per heavy atom. The van der Waals surface area contributed by atoms with E-state index < -0.39 is 0 Å². The third-order valence-electron chi connectivity index (χ3n) is 2.75. The Bertz CT molecular complexity index is 464. The molecule has 0 fully saturated rings. The Labute approximate surface area is 148 Å². The van der Waals surface area contributed by atoms with Gasteiger partial charge in [-0.25, -0.2) is 0 Å². The molecule has 0 aliphatic rings. The predicted octanol–water partition coefficient (Wildman–Crippen LogP) is 4.05. The van der Waals surface area contributed by atoms with E-state index in [1.165, 1.54) is 5.56 Å². The van der Waals surface area contributed by atoms with Gasteiger partial charge in [-0.15, -0.1) is 24.0 Å². The second-order valence-electron chi connectivity index (χ2n) is 6.47. The maximum absolute atomic E-state index is 5.90. The molecule has 0 saturated carbocycles. The lowest BCUT2D eigenvalue weighted by molar-refractivity contribution is 0.500. The van der Waals surface area contributed by atoms with Crippen LogP contribution in [0.25, 0.3) is 0 Å². The molecule has 0 atom stereocenters. The summed E-state index contributed by atoms with van der Waals surface area (Å²) in [6, 6.07) is 8.32. The lowest BCUT2D eigenvalue weighted by Crippen LogP contribution is -2.45. The molecular weight excluding hydrogens is 429 g/mol. The van der Waals surface area contributed by atoms with Crippen molar-refractivity contribution in [1.29, 1.82) is 0 Å². The highest BCUT2D eigenvalue weighted by molar-refractivity contribution is 14.0. The molecule has 20 heavy (non-hydrogen) atoms. The lowest BCUT2D eigenvalue weighted by Gasteiger charge is -2.25. The number of halogens is 2. The van der Waals surface area contributed by atoms with E-state index in [0.717, 1.165) is 4.47 Å². The van der Waals surface area contributed by atoms with Gasteiger partial charge >= 0.3 is 0 Å². The fourth-order valence-electron chi connectivity index (χ4n) is 1.71. The maximum atomic E-state index is 5.90. The Hall–Kier alpha value is -0.300. The number of hydrogen-bond donors (Lipinski definition) is 2. The summed E-state index contributed by atoms with van der Waals surface area (Å²) in [4.78, 5) is 4.46. The number of nitrogens with two attached hydrogens (primary N) is 1. The van der Waals surface area contributed by atoms with Crippen LogP contribution in [0.3, 0.4) is 0 Å². The fraction of sp³-hybridized carbons (Fsp3) is 0.533. The normalized spacial score (nSPS) is 12.8. The largest absolute Gasteiger partial charge is 0.370 e. The van der Waals surface area contributed by atoms with Crippen LogP contribution in [0.4, 0.5) is 0 Å². The highest BCUT2D eigenvalue weighted by Gasteiger charge is 2.21. The van der Waals surface area contributed by atoms with E-state index >= 15 is 0 Å². The number of benzene rings is 1. The standard InChI is InChI=1S/C15H24BrN3.HI/c1-14(2,3)19-13(17)18-10-15(4,5)11-7-6-8-12(16)9-11;/h6-9H,10H2,1-5H3,(H3,17,18,19);1H. The number of nitrogens with one attached hydrogen (secondary N) is 1. The molecule has 0 radical (unpaired) electrons. The molecule has 5 heteroatoms. The number of aliphatic imine (C=N–C) groups is 1. The van der Waals surface area contributed by atoms with Crippen LogP contribution in [0, 0.1) is 0 Å². The van der Waals surface area contributed by atoms with Gasteiger partial charge in [0, 0.05) is 15.4 Å². The fourth-order valence-corrected chi connectivity index (χ4v) is 2.11. The van der Waals surface area contributed by atoms with Crippen molar-refractivity contribution < 1.29 is 0 Å². The molecule has 0 aromatic heterocycles. The van der Waals surface area contributed by atoms with Crippen molar-refractivity contribution in [1.82, 2.24) is 5.32 Å². The Morgan fingerprint density at radius 1 is 1.25 bits per heavy atom. The van der Waals surface area contributed by atoms with Crippen molar-refractivity contribution in [3.05, 3.63) is 34.3 Å². The summed E-state index contributed by atoms with van der Waals surface area (Å²) in [5, 5.41) is 3.17. The first-order valence-electron chi connectivity index (χ1n) is 6.44. The quantitative estimate of drug-likeness (QED) is 0.412. The number of rotatable bonds is 3. The topological polar surface area (TPSA) is 50.4 Å². The van der Waals surface area contributed by atoms with Crippen LogP contribution < -0.4 is 11.1 Å². The summed E-state index contributed by atoms with van der Waals surface area (Å²) in [6.07, 6.45) is 0. The number of guanidine groups is 1. The zero-order valence-electron chi connectivity index (χ0n) is 12.8. The van der Waals surface area contributed by atoms with Crippen LogP contribution >= 0.6 is 39.9 Å². The Morgan fingerprint density at radius 3 is 2.35 bits per heavy atom. The molecule has 1 aromatic rings. The first-order valence-corrected chi connectivity index (χ1v) is 7.24. The molecule has 1 aromatic carbocycles. The monoisotopic (exact) mass is 453 g/mol. The summed E-state index contributed by atoms with van der Waals surface area (Å²) in [7, 11) is 0. The molecule has 3 nitrogen and oxygen atoms in total. The summed E-state index contributed by atoms with van der Waals surface area (Å²) < 4.78 is 1.09. The second kappa shape index (κ2) is 7.64. The van der Waals surface area contributed by atoms with Gasteiger partial charge in [0.25, 0.3) is 0 Å². The van der Waals surface area contributed by atoms with Gasteiger partial charge in [-0.3, -0.25) is 4.99 Å². The van der Waals surface area contributed by atoms with E-state index in [1.54, 1.807) is 0 Å². The van der Waals surface area contributed by atoms with Crippen LogP contribution in [0.15, 0.2) is 33.7 Å². The molecule has 0 bridgehead atoms. The molecule has 114 valence electrons. The molecule has 3 N–H and O–H groups in total. The molecule has 0 saturated heterocycles. The number of hydrogen-bond acceptors (Lipinski definition) is 1. The van der Waals surface area contributed by atoms with E-state index in [1.807, 2.05) is 12.1 Å². The average Bonchev–Trinajstić information content (AvgIpc) is 2.24. The van der Waals surface area contributed by atoms with Crippen molar-refractivity contribution in [2.24, 2.45) is 10.7 Å². The smallest absolute Gasteiger partial charge is 0.189 e. The van der Waals surface area contributed by atoms with Gasteiger partial charge in [-0.1, -0.05) is 41.9 Å². The average molecular weight is 454 g/mol. The highest BCUT2D eigenvalue weighted by atomic mass is 127.